The molecule has 0 fully saturated rings. The lowest BCUT2D eigenvalue weighted by atomic mass is 10.1. The Morgan fingerprint density at radius 3 is 3.06 bits per heavy atom. The quantitative estimate of drug-likeness (QED) is 0.496. The predicted octanol–water partition coefficient (Wildman–Crippen LogP) is 1.89. The third-order valence-electron chi connectivity index (χ3n) is 2.49. The van der Waals surface area contributed by atoms with Crippen molar-refractivity contribution in [2.24, 2.45) is 0 Å². The maximum atomic E-state index is 11.7. The lowest BCUT2D eigenvalue weighted by Gasteiger charge is -2.02. The number of rotatable bonds is 2. The number of fused-ring (bicyclic) bond motifs is 1. The van der Waals surface area contributed by atoms with Crippen LogP contribution in [0.25, 0.3) is 10.9 Å². The van der Waals surface area contributed by atoms with E-state index in [0.29, 0.717) is 11.1 Å². The van der Waals surface area contributed by atoms with Crippen molar-refractivity contribution >= 4 is 23.2 Å². The smallest absolute Gasteiger partial charge is 0.338 e. The van der Waals surface area contributed by atoms with Crippen LogP contribution in [-0.2, 0) is 9.53 Å². The van der Waals surface area contributed by atoms with Crippen molar-refractivity contribution in [1.29, 1.82) is 0 Å². The van der Waals surface area contributed by atoms with Gasteiger partial charge in [0.05, 0.1) is 19.1 Å². The zero-order valence-corrected chi connectivity index (χ0v) is 9.82. The molecule has 0 bridgehead atoms. The van der Waals surface area contributed by atoms with Crippen molar-refractivity contribution in [2.75, 3.05) is 7.11 Å². The molecular formula is C14H11NO3. The lowest BCUT2D eigenvalue weighted by Crippen LogP contribution is -2.02. The molecule has 2 aromatic rings. The molecular weight excluding hydrogens is 230 g/mol. The Kier molecular flexibility index (Phi) is 3.44. The van der Waals surface area contributed by atoms with Crippen LogP contribution in [0.2, 0.25) is 0 Å². The van der Waals surface area contributed by atoms with Gasteiger partial charge in [-0.3, -0.25) is 0 Å². The summed E-state index contributed by atoms with van der Waals surface area (Å²) in [5.41, 5.74) is 1.95. The molecule has 0 radical (unpaired) electrons. The van der Waals surface area contributed by atoms with Crippen molar-refractivity contribution in [3.8, 4) is 11.8 Å². The Hall–Kier alpha value is -2.54. The second kappa shape index (κ2) is 5.19. The van der Waals surface area contributed by atoms with Gasteiger partial charge in [0.25, 0.3) is 0 Å². The van der Waals surface area contributed by atoms with E-state index in [4.69, 9.17) is 4.74 Å². The number of carbonyl (C=O) groups is 2. The molecule has 0 saturated carbocycles. The number of benzene rings is 1. The fourth-order valence-corrected chi connectivity index (χ4v) is 1.71. The maximum Gasteiger partial charge on any atom is 0.338 e. The number of hydrogen-bond donors (Lipinski definition) is 1. The summed E-state index contributed by atoms with van der Waals surface area (Å²) >= 11 is 0. The number of carbonyl (C=O) groups excluding carboxylic acids is 2. The molecule has 1 aromatic heterocycles. The number of nitrogens with one attached hydrogen (secondary N) is 1. The van der Waals surface area contributed by atoms with Crippen LogP contribution in [0.4, 0.5) is 0 Å². The Morgan fingerprint density at radius 1 is 1.50 bits per heavy atom. The Morgan fingerprint density at radius 2 is 2.33 bits per heavy atom. The molecule has 0 aliphatic rings. The number of methoxy groups -OCH3 is 1. The average molecular weight is 241 g/mol. The molecule has 1 aromatic carbocycles. The van der Waals surface area contributed by atoms with E-state index in [1.54, 1.807) is 12.3 Å². The highest BCUT2D eigenvalue weighted by molar-refractivity contribution is 6.04. The highest BCUT2D eigenvalue weighted by atomic mass is 16.5. The first kappa shape index (κ1) is 11.9. The number of hydrogen-bond acceptors (Lipinski definition) is 3. The van der Waals surface area contributed by atoms with Gasteiger partial charge in [-0.15, -0.1) is 0 Å². The van der Waals surface area contributed by atoms with E-state index in [0.717, 1.165) is 17.2 Å². The molecule has 0 amide bonds. The Bertz CT molecular complexity index is 658. The summed E-state index contributed by atoms with van der Waals surface area (Å²) < 4.78 is 4.74. The predicted molar refractivity (Wildman–Crippen MR) is 67.2 cm³/mol. The third-order valence-corrected chi connectivity index (χ3v) is 2.49. The zero-order chi connectivity index (χ0) is 13.0. The van der Waals surface area contributed by atoms with Gasteiger partial charge >= 0.3 is 5.97 Å². The minimum Gasteiger partial charge on any atom is -0.465 e. The molecule has 0 unspecified atom stereocenters. The molecule has 4 heteroatoms. The standard InChI is InChI=1S/C14H11NO3/c1-18-14(17)12-8-10(4-2-3-7-16)9-13-11(12)5-6-15-13/h5-9,15H,3H2,1H3. The minimum absolute atomic E-state index is 0.177. The molecule has 0 spiro atoms. The topological polar surface area (TPSA) is 59.2 Å². The summed E-state index contributed by atoms with van der Waals surface area (Å²) in [7, 11) is 1.34. The normalized spacial score (nSPS) is 9.61. The molecule has 4 nitrogen and oxygen atoms in total. The van der Waals surface area contributed by atoms with Crippen molar-refractivity contribution < 1.29 is 14.3 Å². The van der Waals surface area contributed by atoms with Gasteiger partial charge in [0, 0.05) is 22.7 Å². The van der Waals surface area contributed by atoms with E-state index in [1.165, 1.54) is 7.11 Å². The Labute approximate surface area is 104 Å². The summed E-state index contributed by atoms with van der Waals surface area (Å²) in [6, 6.07) is 5.31. The first-order valence-corrected chi connectivity index (χ1v) is 5.38. The van der Waals surface area contributed by atoms with Gasteiger partial charge < -0.3 is 14.5 Å². The highest BCUT2D eigenvalue weighted by Crippen LogP contribution is 2.20. The van der Waals surface area contributed by atoms with E-state index in [-0.39, 0.29) is 6.42 Å². The van der Waals surface area contributed by atoms with Crippen LogP contribution < -0.4 is 0 Å². The fraction of sp³-hybridized carbons (Fsp3) is 0.143. The van der Waals surface area contributed by atoms with Crippen molar-refractivity contribution in [3.63, 3.8) is 0 Å². The van der Waals surface area contributed by atoms with Crippen LogP contribution in [0, 0.1) is 11.8 Å². The van der Waals surface area contributed by atoms with E-state index >= 15 is 0 Å². The highest BCUT2D eigenvalue weighted by Gasteiger charge is 2.12. The van der Waals surface area contributed by atoms with Crippen molar-refractivity contribution in [3.05, 3.63) is 35.5 Å². The summed E-state index contributed by atoms with van der Waals surface area (Å²) in [4.78, 5) is 24.9. The molecule has 18 heavy (non-hydrogen) atoms. The fourth-order valence-electron chi connectivity index (χ4n) is 1.71. The number of aromatic amines is 1. The molecule has 1 heterocycles. The molecule has 0 aliphatic carbocycles. The third kappa shape index (κ3) is 2.25. The van der Waals surface area contributed by atoms with Gasteiger partial charge in [0.1, 0.15) is 6.29 Å². The van der Waals surface area contributed by atoms with Crippen LogP contribution in [0.5, 0.6) is 0 Å². The summed E-state index contributed by atoms with van der Waals surface area (Å²) in [6.45, 7) is 0. The monoisotopic (exact) mass is 241 g/mol. The van der Waals surface area contributed by atoms with Crippen LogP contribution >= 0.6 is 0 Å². The lowest BCUT2D eigenvalue weighted by molar-refractivity contribution is -0.107. The SMILES string of the molecule is COC(=O)c1cc(C#CCC=O)cc2[nH]ccc12. The van der Waals surface area contributed by atoms with Gasteiger partial charge in [-0.2, -0.15) is 0 Å². The summed E-state index contributed by atoms with van der Waals surface area (Å²) in [5, 5.41) is 0.794. The van der Waals surface area contributed by atoms with Crippen molar-refractivity contribution in [1.82, 2.24) is 4.98 Å². The van der Waals surface area contributed by atoms with Crippen molar-refractivity contribution in [2.45, 2.75) is 6.42 Å². The number of aromatic nitrogens is 1. The number of aldehydes is 1. The number of esters is 1. The zero-order valence-electron chi connectivity index (χ0n) is 9.82. The summed E-state index contributed by atoms with van der Waals surface area (Å²) in [5.74, 6) is 5.14. The maximum absolute atomic E-state index is 11.7. The molecule has 0 aliphatic heterocycles. The second-order valence-electron chi connectivity index (χ2n) is 3.63. The molecule has 2 rings (SSSR count). The van der Waals surface area contributed by atoms with Gasteiger partial charge in [-0.1, -0.05) is 11.8 Å². The molecule has 0 saturated heterocycles. The Balaban J connectivity index is 2.54. The first-order chi connectivity index (χ1) is 8.76. The second-order valence-corrected chi connectivity index (χ2v) is 3.63. The van der Waals surface area contributed by atoms with Crippen LogP contribution in [0.3, 0.4) is 0 Å². The summed E-state index contributed by atoms with van der Waals surface area (Å²) in [6.07, 6.45) is 2.66. The largest absolute Gasteiger partial charge is 0.465 e. The van der Waals surface area contributed by atoms with Crippen LogP contribution in [0.15, 0.2) is 24.4 Å². The first-order valence-electron chi connectivity index (χ1n) is 5.38. The van der Waals surface area contributed by atoms with E-state index in [2.05, 4.69) is 16.8 Å². The van der Waals surface area contributed by atoms with E-state index in [9.17, 15) is 9.59 Å². The molecule has 1 N–H and O–H groups in total. The molecule has 0 atom stereocenters. The molecule has 90 valence electrons. The number of H-pyrrole nitrogens is 1. The van der Waals surface area contributed by atoms with Gasteiger partial charge in [0.2, 0.25) is 0 Å². The van der Waals surface area contributed by atoms with Gasteiger partial charge in [-0.25, -0.2) is 4.79 Å². The van der Waals surface area contributed by atoms with Crippen LogP contribution in [-0.4, -0.2) is 24.3 Å². The van der Waals surface area contributed by atoms with Crippen LogP contribution in [0.1, 0.15) is 22.3 Å². The van der Waals surface area contributed by atoms with E-state index < -0.39 is 5.97 Å². The number of ether oxygens (including phenoxy) is 1. The average Bonchev–Trinajstić information content (AvgIpc) is 2.85. The van der Waals surface area contributed by atoms with Gasteiger partial charge in [0.15, 0.2) is 0 Å². The van der Waals surface area contributed by atoms with Gasteiger partial charge in [-0.05, 0) is 18.2 Å². The van der Waals surface area contributed by atoms with E-state index in [1.807, 2.05) is 12.1 Å². The minimum atomic E-state index is -0.404.